The van der Waals surface area contributed by atoms with Crippen molar-refractivity contribution in [2.24, 2.45) is 0 Å². The lowest BCUT2D eigenvalue weighted by molar-refractivity contribution is -0.137. The summed E-state index contributed by atoms with van der Waals surface area (Å²) in [6.07, 6.45) is -2.66. The topological polar surface area (TPSA) is 21.1 Å². The number of alkyl halides is 3. The van der Waals surface area contributed by atoms with Crippen LogP contribution in [-0.4, -0.2) is 14.5 Å². The summed E-state index contributed by atoms with van der Waals surface area (Å²) in [7, 11) is 0. The summed E-state index contributed by atoms with van der Waals surface area (Å²) in [4.78, 5) is 7.24. The van der Waals surface area contributed by atoms with Crippen LogP contribution in [0.5, 0.6) is 0 Å². The Labute approximate surface area is 244 Å². The van der Waals surface area contributed by atoms with E-state index in [9.17, 15) is 13.2 Å². The van der Waals surface area contributed by atoms with Crippen LogP contribution in [0.2, 0.25) is 0 Å². The van der Waals surface area contributed by atoms with Gasteiger partial charge in [0.15, 0.2) is 0 Å². The van der Waals surface area contributed by atoms with Gasteiger partial charge in [-0.2, -0.15) is 13.2 Å². The first-order valence-electron chi connectivity index (χ1n) is 14.2. The van der Waals surface area contributed by atoms with Crippen LogP contribution < -0.4 is 0 Å². The molecule has 0 aliphatic heterocycles. The van der Waals surface area contributed by atoms with Crippen LogP contribution in [-0.2, 0) is 32.4 Å². The van der Waals surface area contributed by atoms with Gasteiger partial charge < -0.3 is 4.57 Å². The quantitative estimate of drug-likeness (QED) is 0.147. The number of hydrogen-bond acceptors (Lipinski definition) is 2. The van der Waals surface area contributed by atoms with Crippen LogP contribution in [0.15, 0.2) is 109 Å². The molecule has 0 fully saturated rings. The third-order valence-electron chi connectivity index (χ3n) is 7.28. The Morgan fingerprint density at radius 2 is 1.36 bits per heavy atom. The van der Waals surface area contributed by atoms with Crippen LogP contribution in [0.3, 0.4) is 0 Å². The van der Waals surface area contributed by atoms with Crippen LogP contribution in [0.4, 0.5) is 17.6 Å². The van der Waals surface area contributed by atoms with Crippen molar-refractivity contribution in [1.29, 1.82) is 0 Å². The monoisotopic (exact) mass is 571 g/mol. The smallest absolute Gasteiger partial charge is 0.326 e. The highest BCUT2D eigenvalue weighted by Crippen LogP contribution is 2.33. The zero-order valence-corrected chi connectivity index (χ0v) is 23.5. The zero-order valence-electron chi connectivity index (χ0n) is 23.5. The van der Waals surface area contributed by atoms with Crippen molar-refractivity contribution in [3.63, 3.8) is 0 Å². The molecule has 3 nitrogen and oxygen atoms in total. The number of aromatic nitrogens is 2. The summed E-state index contributed by atoms with van der Waals surface area (Å²) >= 11 is 0. The third kappa shape index (κ3) is 6.97. The first-order valence-corrected chi connectivity index (χ1v) is 14.2. The van der Waals surface area contributed by atoms with Crippen molar-refractivity contribution in [1.82, 2.24) is 14.5 Å². The summed E-state index contributed by atoms with van der Waals surface area (Å²) in [5, 5.41) is 0. The summed E-state index contributed by atoms with van der Waals surface area (Å²) < 4.78 is 57.1. The van der Waals surface area contributed by atoms with Crippen molar-refractivity contribution >= 4 is 0 Å². The molecule has 0 saturated heterocycles. The van der Waals surface area contributed by atoms with Crippen LogP contribution in [0.1, 0.15) is 42.1 Å². The molecule has 0 saturated carbocycles. The van der Waals surface area contributed by atoms with Gasteiger partial charge in [-0.15, -0.1) is 0 Å². The molecule has 0 atom stereocenters. The molecule has 0 spiro atoms. The maximum Gasteiger partial charge on any atom is 0.416 e. The van der Waals surface area contributed by atoms with Crippen LogP contribution in [0.25, 0.3) is 22.6 Å². The van der Waals surface area contributed by atoms with Gasteiger partial charge in [0.1, 0.15) is 11.6 Å². The molecule has 0 bridgehead atoms. The maximum atomic E-state index is 15.1. The van der Waals surface area contributed by atoms with Crippen LogP contribution in [0, 0.1) is 5.82 Å². The first-order chi connectivity index (χ1) is 20.3. The molecule has 5 rings (SSSR count). The standard InChI is InChI=1S/C35H33F4N3/c1-2-3-21-42-32(33(27-15-9-5-10-16-27)40-34(42)28-17-11-6-12-18-28)25-41(23-26-13-7-4-8-14-26)24-29-19-20-30(22-31(29)36)35(37,38)39/h4-20,22H,2-3,21,23-25H2,1H3. The van der Waals surface area contributed by atoms with E-state index in [-0.39, 0.29) is 12.1 Å². The summed E-state index contributed by atoms with van der Waals surface area (Å²) in [5.41, 5.74) is 4.04. The van der Waals surface area contributed by atoms with E-state index < -0.39 is 17.6 Å². The number of nitrogens with zero attached hydrogens (tertiary/aromatic N) is 3. The lowest BCUT2D eigenvalue weighted by Crippen LogP contribution is -2.25. The molecule has 5 aromatic rings. The molecule has 0 radical (unpaired) electrons. The second-order valence-corrected chi connectivity index (χ2v) is 10.4. The average molecular weight is 572 g/mol. The SMILES string of the molecule is CCCCn1c(-c2ccccc2)nc(-c2ccccc2)c1CN(Cc1ccccc1)Cc1ccc(C(F)(F)F)cc1F. The van der Waals surface area contributed by atoms with E-state index in [2.05, 4.69) is 16.4 Å². The van der Waals surface area contributed by atoms with Gasteiger partial charge in [0.2, 0.25) is 0 Å². The molecule has 0 aliphatic carbocycles. The normalized spacial score (nSPS) is 11.8. The zero-order chi connectivity index (χ0) is 29.5. The molecule has 7 heteroatoms. The molecule has 216 valence electrons. The number of halogens is 4. The van der Waals surface area contributed by atoms with Crippen molar-refractivity contribution in [2.45, 2.75) is 52.1 Å². The summed E-state index contributed by atoms with van der Waals surface area (Å²) in [6, 6.07) is 32.6. The molecule has 1 aromatic heterocycles. The fourth-order valence-electron chi connectivity index (χ4n) is 5.15. The molecule has 42 heavy (non-hydrogen) atoms. The van der Waals surface area contributed by atoms with E-state index >= 15 is 4.39 Å². The van der Waals surface area contributed by atoms with E-state index in [0.29, 0.717) is 19.2 Å². The number of unbranched alkanes of at least 4 members (excludes halogenated alkanes) is 1. The second-order valence-electron chi connectivity index (χ2n) is 10.4. The Hall–Kier alpha value is -4.23. The Morgan fingerprint density at radius 1 is 0.738 bits per heavy atom. The Kier molecular flexibility index (Phi) is 9.18. The predicted octanol–water partition coefficient (Wildman–Crippen LogP) is 9.38. The second kappa shape index (κ2) is 13.2. The minimum Gasteiger partial charge on any atom is -0.326 e. The minimum absolute atomic E-state index is 0.132. The lowest BCUT2D eigenvalue weighted by Gasteiger charge is -2.25. The molecule has 0 unspecified atom stereocenters. The summed E-state index contributed by atoms with van der Waals surface area (Å²) in [5.74, 6) is -0.00564. The van der Waals surface area contributed by atoms with Gasteiger partial charge in [-0.1, -0.05) is 110 Å². The van der Waals surface area contributed by atoms with Gasteiger partial charge in [-0.05, 0) is 24.1 Å². The molecule has 0 aliphatic rings. The number of rotatable bonds is 11. The van der Waals surface area contributed by atoms with Crippen molar-refractivity contribution in [2.75, 3.05) is 0 Å². The first kappa shape index (κ1) is 29.3. The lowest BCUT2D eigenvalue weighted by atomic mass is 10.1. The number of benzene rings is 4. The van der Waals surface area contributed by atoms with E-state index in [1.54, 1.807) is 0 Å². The van der Waals surface area contributed by atoms with Gasteiger partial charge in [-0.3, -0.25) is 4.90 Å². The van der Waals surface area contributed by atoms with Gasteiger partial charge in [0.05, 0.1) is 17.0 Å². The van der Waals surface area contributed by atoms with Gasteiger partial charge in [0, 0.05) is 42.9 Å². The fourth-order valence-corrected chi connectivity index (χ4v) is 5.15. The van der Waals surface area contributed by atoms with E-state index in [1.807, 2.05) is 91.0 Å². The molecule has 0 amide bonds. The van der Waals surface area contributed by atoms with E-state index in [1.165, 1.54) is 6.07 Å². The minimum atomic E-state index is -4.60. The van der Waals surface area contributed by atoms with Crippen molar-refractivity contribution in [3.05, 3.63) is 137 Å². The van der Waals surface area contributed by atoms with Crippen molar-refractivity contribution < 1.29 is 17.6 Å². The predicted molar refractivity (Wildman–Crippen MR) is 159 cm³/mol. The molecule has 1 heterocycles. The number of hydrogen-bond donors (Lipinski definition) is 0. The molecular formula is C35H33F4N3. The van der Waals surface area contributed by atoms with Gasteiger partial charge >= 0.3 is 6.18 Å². The van der Waals surface area contributed by atoms with E-state index in [0.717, 1.165) is 59.4 Å². The Balaban J connectivity index is 1.60. The highest BCUT2D eigenvalue weighted by molar-refractivity contribution is 5.68. The van der Waals surface area contributed by atoms with Gasteiger partial charge in [-0.25, -0.2) is 9.37 Å². The van der Waals surface area contributed by atoms with Crippen molar-refractivity contribution in [3.8, 4) is 22.6 Å². The molecule has 4 aromatic carbocycles. The summed E-state index contributed by atoms with van der Waals surface area (Å²) in [6.45, 7) is 3.93. The molecule has 0 N–H and O–H groups in total. The van der Waals surface area contributed by atoms with Gasteiger partial charge in [0.25, 0.3) is 0 Å². The Morgan fingerprint density at radius 3 is 1.95 bits per heavy atom. The molecular weight excluding hydrogens is 538 g/mol. The van der Waals surface area contributed by atoms with E-state index in [4.69, 9.17) is 4.98 Å². The number of imidazole rings is 1. The largest absolute Gasteiger partial charge is 0.416 e. The average Bonchev–Trinajstić information content (AvgIpc) is 3.35. The van der Waals surface area contributed by atoms with Crippen LogP contribution >= 0.6 is 0 Å². The maximum absolute atomic E-state index is 15.1. The fraction of sp³-hybridized carbons (Fsp3) is 0.229. The highest BCUT2D eigenvalue weighted by Gasteiger charge is 2.31. The third-order valence-corrected chi connectivity index (χ3v) is 7.28. The Bertz CT molecular complexity index is 1580. The highest BCUT2D eigenvalue weighted by atomic mass is 19.4.